The fraction of sp³-hybridized carbons (Fsp3) is 0.944. The van der Waals surface area contributed by atoms with Gasteiger partial charge in [-0.3, -0.25) is 4.79 Å². The largest absolute Gasteiger partial charge is 0.316 e. The van der Waals surface area contributed by atoms with Gasteiger partial charge in [0.2, 0.25) is 0 Å². The van der Waals surface area contributed by atoms with Crippen molar-refractivity contribution >= 4 is 77.9 Å². The normalized spacial score (nSPS) is 9.86. The number of hydrogen-bond donors (Lipinski definition) is 1. The zero-order valence-corrected chi connectivity index (χ0v) is 13.7. The van der Waals surface area contributed by atoms with E-state index in [2.05, 4.69) is 6.92 Å². The predicted molar refractivity (Wildman–Crippen MR) is 104 cm³/mol. The van der Waals surface area contributed by atoms with Crippen LogP contribution in [0.5, 0.6) is 0 Å². The zero-order valence-electron chi connectivity index (χ0n) is 13.7. The average Bonchev–Trinajstić information content (AvgIpc) is 2.43. The summed E-state index contributed by atoms with van der Waals surface area (Å²) in [5.74, 6) is -0.653. The van der Waals surface area contributed by atoms with Crippen LogP contribution in [0, 0.1) is 0 Å². The quantitative estimate of drug-likeness (QED) is 0.278. The minimum absolute atomic E-state index is 0. The fourth-order valence-corrected chi connectivity index (χ4v) is 2.65. The minimum atomic E-state index is -0.653. The van der Waals surface area contributed by atoms with Gasteiger partial charge in [-0.2, -0.15) is 0 Å². The number of hydrogen-bond acceptors (Lipinski definition) is 1. The molecule has 0 aliphatic rings. The maximum atomic E-state index is 10.3. The average molecular weight is 450 g/mol. The van der Waals surface area contributed by atoms with Crippen molar-refractivity contribution in [3.8, 4) is 0 Å². The van der Waals surface area contributed by atoms with Gasteiger partial charge in [-0.25, -0.2) is 0 Å². The van der Waals surface area contributed by atoms with Crippen molar-refractivity contribution < 1.29 is 9.90 Å². The Hall–Kier alpha value is 1.81. The van der Waals surface area contributed by atoms with Crippen molar-refractivity contribution in [2.24, 2.45) is 0 Å². The Morgan fingerprint density at radius 2 is 0.909 bits per heavy atom. The summed E-state index contributed by atoms with van der Waals surface area (Å²) in [7, 11) is 0. The van der Waals surface area contributed by atoms with Gasteiger partial charge in [0.15, 0.2) is 0 Å². The molecule has 0 atom stereocenters. The van der Waals surface area contributed by atoms with Gasteiger partial charge in [-0.15, -0.1) is 0 Å². The molecule has 0 radical (unpaired) electrons. The third-order valence-corrected chi connectivity index (χ3v) is 3.99. The summed E-state index contributed by atoms with van der Waals surface area (Å²) < 4.78 is 0. The van der Waals surface area contributed by atoms with Gasteiger partial charge in [0, 0.05) is 6.42 Å². The molecule has 0 aromatic carbocycles. The second kappa shape index (κ2) is 25.1. The van der Waals surface area contributed by atoms with Crippen molar-refractivity contribution in [3.05, 3.63) is 0 Å². The van der Waals surface area contributed by atoms with E-state index in [9.17, 15) is 4.79 Å². The Kier molecular flexibility index (Phi) is 32.6. The second-order valence-electron chi connectivity index (χ2n) is 6.09. The molecule has 0 rings (SSSR count). The number of carboxylic acid groups (broad SMARTS) is 1. The molecule has 0 saturated carbocycles. The number of carbonyl (C=O) groups is 1. The van der Waals surface area contributed by atoms with Crippen LogP contribution in [0.2, 0.25) is 0 Å². The van der Waals surface area contributed by atoms with Crippen LogP contribution in [0.3, 0.4) is 0 Å². The molecule has 0 spiro atoms. The monoisotopic (exact) mass is 450 g/mol. The Morgan fingerprint density at radius 1 is 0.636 bits per heavy atom. The Balaban J connectivity index is -0.00000180. The van der Waals surface area contributed by atoms with Crippen LogP contribution in [-0.2, 0) is 4.79 Å². The summed E-state index contributed by atoms with van der Waals surface area (Å²) in [6.07, 6.45) is 20.2. The second-order valence-corrected chi connectivity index (χ2v) is 6.09. The van der Waals surface area contributed by atoms with E-state index >= 15 is 0 Å². The fourth-order valence-electron chi connectivity index (χ4n) is 2.65. The first-order valence-corrected chi connectivity index (χ1v) is 8.99. The van der Waals surface area contributed by atoms with E-state index < -0.39 is 5.97 Å². The topological polar surface area (TPSA) is 37.3 Å². The number of aliphatic carboxylic acids is 1. The molecule has 0 unspecified atom stereocenters. The van der Waals surface area contributed by atoms with E-state index in [1.54, 1.807) is 0 Å². The molecule has 0 bridgehead atoms. The molecule has 0 aromatic rings. The van der Waals surface area contributed by atoms with Gasteiger partial charge in [-0.05, 0) is 6.42 Å². The molecule has 0 heterocycles. The number of rotatable bonds is 16. The van der Waals surface area contributed by atoms with Crippen LogP contribution in [-0.4, -0.2) is 83.0 Å². The molecule has 0 aromatic heterocycles. The van der Waals surface area contributed by atoms with Gasteiger partial charge < -0.3 is 5.11 Å². The number of carboxylic acids is 1. The van der Waals surface area contributed by atoms with Gasteiger partial charge in [0.25, 0.3) is 0 Å². The molecule has 0 aliphatic carbocycles. The maximum absolute atomic E-state index is 10.3. The van der Waals surface area contributed by atoms with E-state index in [1.807, 2.05) is 0 Å². The van der Waals surface area contributed by atoms with Gasteiger partial charge in [0.05, 0.1) is 0 Å². The summed E-state index contributed by atoms with van der Waals surface area (Å²) in [5.41, 5.74) is 0. The molecule has 2 nitrogen and oxygen atoms in total. The van der Waals surface area contributed by atoms with E-state index in [0.29, 0.717) is 6.42 Å². The van der Waals surface area contributed by atoms with Gasteiger partial charge in [-0.1, -0.05) is 96.8 Å². The first-order valence-electron chi connectivity index (χ1n) is 8.99. The molecule has 4 heteroatoms. The van der Waals surface area contributed by atoms with Crippen LogP contribution in [0.15, 0.2) is 0 Å². The van der Waals surface area contributed by atoms with Crippen molar-refractivity contribution in [2.45, 2.75) is 110 Å². The molecule has 0 fully saturated rings. The first-order chi connectivity index (χ1) is 9.77. The van der Waals surface area contributed by atoms with Crippen LogP contribution in [0.25, 0.3) is 0 Å². The summed E-state index contributed by atoms with van der Waals surface area (Å²) in [4.78, 5) is 10.3. The van der Waals surface area contributed by atoms with Crippen LogP contribution < -0.4 is 0 Å². The molecule has 1 N–H and O–H groups in total. The maximum Gasteiger partial charge on any atom is 0.316 e. The molecule has 0 aliphatic heterocycles. The molecule has 128 valence electrons. The molecular formula is C18H40BaMgO2. The Morgan fingerprint density at radius 3 is 1.18 bits per heavy atom. The number of unbranched alkanes of at least 4 members (excludes halogenated alkanes) is 14. The summed E-state index contributed by atoms with van der Waals surface area (Å²) in [6.45, 7) is 2.27. The third-order valence-electron chi connectivity index (χ3n) is 3.99. The zero-order chi connectivity index (χ0) is 14.9. The standard InChI is InChI=1S/C18H36O2.Ba.Mg.4H/c1-2-3-4-5-6-7-8-9-10-11-12-13-14-15-16-17-18(19)20;;;;;;/h2-17H2,1H3,(H,19,20);;;;;;. The van der Waals surface area contributed by atoms with E-state index in [1.165, 1.54) is 83.5 Å². The molecule has 0 saturated heterocycles. The summed E-state index contributed by atoms with van der Waals surface area (Å²) >= 11 is 0. The van der Waals surface area contributed by atoms with Gasteiger partial charge >= 0.3 is 77.9 Å². The predicted octanol–water partition coefficient (Wildman–Crippen LogP) is 4.50. The van der Waals surface area contributed by atoms with Crippen molar-refractivity contribution in [1.82, 2.24) is 0 Å². The SMILES string of the molecule is CCCCCCCCCCCCCCCCCC(=O)O.[BaH2].[MgH2]. The van der Waals surface area contributed by atoms with Crippen molar-refractivity contribution in [2.75, 3.05) is 0 Å². The summed E-state index contributed by atoms with van der Waals surface area (Å²) in [5, 5.41) is 8.52. The van der Waals surface area contributed by atoms with Crippen molar-refractivity contribution in [3.63, 3.8) is 0 Å². The Labute approximate surface area is 195 Å². The van der Waals surface area contributed by atoms with Crippen LogP contribution in [0.4, 0.5) is 0 Å². The molecule has 22 heavy (non-hydrogen) atoms. The molecular weight excluding hydrogens is 410 g/mol. The van der Waals surface area contributed by atoms with Gasteiger partial charge in [0.1, 0.15) is 0 Å². The van der Waals surface area contributed by atoms with E-state index in [-0.39, 0.29) is 71.9 Å². The van der Waals surface area contributed by atoms with E-state index in [4.69, 9.17) is 5.11 Å². The summed E-state index contributed by atoms with van der Waals surface area (Å²) in [6, 6.07) is 0. The Bertz CT molecular complexity index is 213. The minimum Gasteiger partial charge on any atom is 0.316 e. The van der Waals surface area contributed by atoms with Crippen molar-refractivity contribution in [1.29, 1.82) is 0 Å². The smallest absolute Gasteiger partial charge is 0.316 e. The van der Waals surface area contributed by atoms with Crippen LogP contribution >= 0.6 is 0 Å². The third kappa shape index (κ3) is 26.7. The van der Waals surface area contributed by atoms with E-state index in [0.717, 1.165) is 12.8 Å². The first kappa shape index (κ1) is 28.6. The molecule has 0 amide bonds. The van der Waals surface area contributed by atoms with Crippen LogP contribution in [0.1, 0.15) is 110 Å².